The van der Waals surface area contributed by atoms with E-state index in [1.54, 1.807) is 0 Å². The standard InChI is InChI=1S/C28H29N5O2S/c1-2-20-9-13-23(14-10-20)29-28(35)33-17-15-32(16-18-33)19-21-7-11-22(12-8-21)26(34)31-27-30-24-5-3-4-6-25(24)36-27/h3-14H,2,15-19H2,1H3,(H,29,35)(H,30,31,34). The van der Waals surface area contributed by atoms with Crippen molar-refractivity contribution in [3.05, 3.63) is 89.5 Å². The summed E-state index contributed by atoms with van der Waals surface area (Å²) in [6, 6.07) is 23.5. The van der Waals surface area contributed by atoms with E-state index < -0.39 is 0 Å². The zero-order valence-corrected chi connectivity index (χ0v) is 21.1. The van der Waals surface area contributed by atoms with Gasteiger partial charge in [-0.3, -0.25) is 15.0 Å². The number of thiazole rings is 1. The Hall–Kier alpha value is -3.75. The number of aromatic nitrogens is 1. The number of piperazine rings is 1. The zero-order valence-electron chi connectivity index (χ0n) is 20.2. The van der Waals surface area contributed by atoms with Gasteiger partial charge >= 0.3 is 6.03 Å². The molecule has 1 aliphatic heterocycles. The highest BCUT2D eigenvalue weighted by molar-refractivity contribution is 7.22. The fourth-order valence-electron chi connectivity index (χ4n) is 4.25. The molecule has 0 unspecified atom stereocenters. The third kappa shape index (κ3) is 5.72. The average Bonchev–Trinajstić information content (AvgIpc) is 3.32. The molecule has 2 heterocycles. The molecule has 0 spiro atoms. The van der Waals surface area contributed by atoms with Gasteiger partial charge in [0.1, 0.15) is 0 Å². The van der Waals surface area contributed by atoms with Crippen LogP contribution in [0.15, 0.2) is 72.8 Å². The maximum Gasteiger partial charge on any atom is 0.321 e. The maximum atomic E-state index is 12.7. The number of nitrogens with zero attached hydrogens (tertiary/aromatic N) is 3. The molecule has 3 aromatic carbocycles. The van der Waals surface area contributed by atoms with E-state index in [4.69, 9.17) is 0 Å². The summed E-state index contributed by atoms with van der Waals surface area (Å²) in [5, 5.41) is 6.50. The van der Waals surface area contributed by atoms with Crippen LogP contribution in [0.5, 0.6) is 0 Å². The molecule has 4 aromatic rings. The Morgan fingerprint density at radius 2 is 1.56 bits per heavy atom. The summed E-state index contributed by atoms with van der Waals surface area (Å²) in [7, 11) is 0. The fourth-order valence-corrected chi connectivity index (χ4v) is 5.11. The first-order valence-electron chi connectivity index (χ1n) is 12.2. The number of urea groups is 1. The van der Waals surface area contributed by atoms with Crippen molar-refractivity contribution in [1.82, 2.24) is 14.8 Å². The van der Waals surface area contributed by atoms with Crippen LogP contribution in [0.1, 0.15) is 28.4 Å². The van der Waals surface area contributed by atoms with Crippen molar-refractivity contribution in [2.75, 3.05) is 36.8 Å². The number of anilines is 2. The van der Waals surface area contributed by atoms with Gasteiger partial charge in [0.25, 0.3) is 5.91 Å². The lowest BCUT2D eigenvalue weighted by Gasteiger charge is -2.34. The van der Waals surface area contributed by atoms with Gasteiger partial charge in [0.05, 0.1) is 10.2 Å². The molecule has 5 rings (SSSR count). The molecule has 8 heteroatoms. The minimum atomic E-state index is -0.162. The highest BCUT2D eigenvalue weighted by atomic mass is 32.1. The number of benzene rings is 3. The molecule has 0 atom stereocenters. The van der Waals surface area contributed by atoms with Crippen LogP contribution in [0.4, 0.5) is 15.6 Å². The van der Waals surface area contributed by atoms with Gasteiger partial charge in [-0.2, -0.15) is 0 Å². The largest absolute Gasteiger partial charge is 0.322 e. The smallest absolute Gasteiger partial charge is 0.321 e. The van der Waals surface area contributed by atoms with E-state index in [9.17, 15) is 9.59 Å². The SMILES string of the molecule is CCc1ccc(NC(=O)N2CCN(Cc3ccc(C(=O)Nc4nc5ccccc5s4)cc3)CC2)cc1. The fraction of sp³-hybridized carbons (Fsp3) is 0.250. The van der Waals surface area contributed by atoms with Gasteiger partial charge in [0.2, 0.25) is 0 Å². The minimum Gasteiger partial charge on any atom is -0.322 e. The van der Waals surface area contributed by atoms with Gasteiger partial charge in [-0.1, -0.05) is 54.7 Å². The Morgan fingerprint density at radius 3 is 2.25 bits per heavy atom. The van der Waals surface area contributed by atoms with Gasteiger partial charge in [-0.15, -0.1) is 0 Å². The quantitative estimate of drug-likeness (QED) is 0.369. The summed E-state index contributed by atoms with van der Waals surface area (Å²) in [6.45, 7) is 5.88. The minimum absolute atomic E-state index is 0.0533. The highest BCUT2D eigenvalue weighted by Gasteiger charge is 2.21. The molecule has 0 bridgehead atoms. The molecule has 3 amide bonds. The highest BCUT2D eigenvalue weighted by Crippen LogP contribution is 2.25. The second-order valence-electron chi connectivity index (χ2n) is 8.88. The molecule has 184 valence electrons. The van der Waals surface area contributed by atoms with Crippen LogP contribution >= 0.6 is 11.3 Å². The van der Waals surface area contributed by atoms with Crippen molar-refractivity contribution < 1.29 is 9.59 Å². The number of amides is 3. The van der Waals surface area contributed by atoms with Crippen LogP contribution in [0, 0.1) is 0 Å². The Labute approximate surface area is 214 Å². The van der Waals surface area contributed by atoms with E-state index in [2.05, 4.69) is 27.4 Å². The molecular weight excluding hydrogens is 470 g/mol. The van der Waals surface area contributed by atoms with Gasteiger partial charge in [0.15, 0.2) is 5.13 Å². The Balaban J connectivity index is 1.10. The molecule has 2 N–H and O–H groups in total. The molecule has 1 aliphatic rings. The van der Waals surface area contributed by atoms with Gasteiger partial charge in [-0.25, -0.2) is 9.78 Å². The normalized spacial score (nSPS) is 14.1. The number of carbonyl (C=O) groups is 2. The zero-order chi connectivity index (χ0) is 24.9. The first-order chi connectivity index (χ1) is 17.6. The van der Waals surface area contributed by atoms with Crippen LogP contribution < -0.4 is 10.6 Å². The molecule has 1 fully saturated rings. The van der Waals surface area contributed by atoms with Crippen molar-refractivity contribution in [3.63, 3.8) is 0 Å². The monoisotopic (exact) mass is 499 g/mol. The molecule has 0 aliphatic carbocycles. The molecule has 1 saturated heterocycles. The van der Waals surface area contributed by atoms with Crippen LogP contribution in [0.2, 0.25) is 0 Å². The van der Waals surface area contributed by atoms with Crippen molar-refractivity contribution in [3.8, 4) is 0 Å². The second kappa shape index (κ2) is 10.9. The van der Waals surface area contributed by atoms with Crippen LogP contribution in [-0.4, -0.2) is 52.9 Å². The molecule has 7 nitrogen and oxygen atoms in total. The molecule has 0 radical (unpaired) electrons. The molecule has 1 aromatic heterocycles. The topological polar surface area (TPSA) is 77.6 Å². The number of hydrogen-bond donors (Lipinski definition) is 2. The van der Waals surface area contributed by atoms with Crippen LogP contribution in [0.25, 0.3) is 10.2 Å². The van der Waals surface area contributed by atoms with E-state index >= 15 is 0 Å². The Kier molecular flexibility index (Phi) is 7.25. The third-order valence-electron chi connectivity index (χ3n) is 6.41. The Morgan fingerprint density at radius 1 is 0.861 bits per heavy atom. The molecule has 0 saturated carbocycles. The number of aryl methyl sites for hydroxylation is 1. The number of para-hydroxylation sites is 1. The van der Waals surface area contributed by atoms with Gasteiger partial charge < -0.3 is 10.2 Å². The van der Waals surface area contributed by atoms with E-state index in [0.717, 1.165) is 47.5 Å². The van der Waals surface area contributed by atoms with Crippen LogP contribution in [0.3, 0.4) is 0 Å². The average molecular weight is 500 g/mol. The summed E-state index contributed by atoms with van der Waals surface area (Å²) in [4.78, 5) is 33.9. The predicted molar refractivity (Wildman–Crippen MR) is 146 cm³/mol. The summed E-state index contributed by atoms with van der Waals surface area (Å²) >= 11 is 1.47. The molecule has 36 heavy (non-hydrogen) atoms. The first-order valence-corrected chi connectivity index (χ1v) is 13.0. The number of fused-ring (bicyclic) bond motifs is 1. The summed E-state index contributed by atoms with van der Waals surface area (Å²) in [6.07, 6.45) is 0.982. The summed E-state index contributed by atoms with van der Waals surface area (Å²) in [5.74, 6) is -0.162. The van der Waals surface area contributed by atoms with E-state index in [-0.39, 0.29) is 11.9 Å². The molecular formula is C28H29N5O2S. The van der Waals surface area contributed by atoms with Crippen molar-refractivity contribution >= 4 is 44.3 Å². The van der Waals surface area contributed by atoms with Crippen molar-refractivity contribution in [2.45, 2.75) is 19.9 Å². The van der Waals surface area contributed by atoms with Gasteiger partial charge in [0, 0.05) is 44.0 Å². The Bertz CT molecular complexity index is 1310. The van der Waals surface area contributed by atoms with E-state index in [1.165, 1.54) is 16.9 Å². The lowest BCUT2D eigenvalue weighted by molar-refractivity contribution is 0.102. The van der Waals surface area contributed by atoms with Crippen LogP contribution in [-0.2, 0) is 13.0 Å². The number of hydrogen-bond acceptors (Lipinski definition) is 5. The second-order valence-corrected chi connectivity index (χ2v) is 9.91. The number of carbonyl (C=O) groups excluding carboxylic acids is 2. The maximum absolute atomic E-state index is 12.7. The first kappa shape index (κ1) is 24.0. The number of rotatable bonds is 6. The summed E-state index contributed by atoms with van der Waals surface area (Å²) in [5.41, 5.74) is 4.71. The van der Waals surface area contributed by atoms with E-state index in [1.807, 2.05) is 77.7 Å². The summed E-state index contributed by atoms with van der Waals surface area (Å²) < 4.78 is 1.05. The van der Waals surface area contributed by atoms with Gasteiger partial charge in [-0.05, 0) is 53.9 Å². The van der Waals surface area contributed by atoms with E-state index in [0.29, 0.717) is 23.8 Å². The third-order valence-corrected chi connectivity index (χ3v) is 7.36. The number of nitrogens with one attached hydrogen (secondary N) is 2. The van der Waals surface area contributed by atoms with Crippen molar-refractivity contribution in [2.24, 2.45) is 0 Å². The predicted octanol–water partition coefficient (Wildman–Crippen LogP) is 5.46. The van der Waals surface area contributed by atoms with Crippen molar-refractivity contribution in [1.29, 1.82) is 0 Å². The lowest BCUT2D eigenvalue weighted by Crippen LogP contribution is -2.49. The lowest BCUT2D eigenvalue weighted by atomic mass is 10.1.